The first kappa shape index (κ1) is 13.2. The Bertz CT molecular complexity index is 575. The summed E-state index contributed by atoms with van der Waals surface area (Å²) in [6.07, 6.45) is 5.65. The molecule has 0 radical (unpaired) electrons. The fourth-order valence-corrected chi connectivity index (χ4v) is 1.74. The summed E-state index contributed by atoms with van der Waals surface area (Å²) < 4.78 is 6.81. The van der Waals surface area contributed by atoms with Crippen LogP contribution < -0.4 is 4.74 Å². The van der Waals surface area contributed by atoms with Crippen molar-refractivity contribution >= 4 is 5.78 Å². The minimum atomic E-state index is -0.275. The van der Waals surface area contributed by atoms with Crippen LogP contribution in [0.2, 0.25) is 0 Å². The number of aromatic nitrogens is 4. The molecule has 2 heterocycles. The summed E-state index contributed by atoms with van der Waals surface area (Å²) in [6, 6.07) is 0. The molecule has 2 aromatic heterocycles. The first-order valence-corrected chi connectivity index (χ1v) is 6.10. The molecule has 2 rings (SSSR count). The number of methoxy groups -OCH3 is 1. The van der Waals surface area contributed by atoms with E-state index in [0.717, 1.165) is 12.0 Å². The van der Waals surface area contributed by atoms with E-state index >= 15 is 0 Å². The standard InChI is InChI=1S/C13H16N4O2/c1-4-5-17-11(10(19-3)8-16-17)12(18)13-14-6-9(2)7-15-13/h6-8H,4-5H2,1-3H3. The predicted molar refractivity (Wildman–Crippen MR) is 69.3 cm³/mol. The lowest BCUT2D eigenvalue weighted by molar-refractivity contribution is 0.101. The Balaban J connectivity index is 2.42. The second-order valence-corrected chi connectivity index (χ2v) is 4.20. The van der Waals surface area contributed by atoms with Crippen LogP contribution in [0.15, 0.2) is 18.6 Å². The molecule has 0 aliphatic heterocycles. The average Bonchev–Trinajstić information content (AvgIpc) is 2.82. The van der Waals surface area contributed by atoms with Crippen LogP contribution in [0.5, 0.6) is 5.75 Å². The molecule has 100 valence electrons. The lowest BCUT2D eigenvalue weighted by Gasteiger charge is -2.06. The van der Waals surface area contributed by atoms with Gasteiger partial charge in [-0.2, -0.15) is 5.10 Å². The fraction of sp³-hybridized carbons (Fsp3) is 0.385. The zero-order chi connectivity index (χ0) is 13.8. The highest BCUT2D eigenvalue weighted by molar-refractivity contribution is 6.07. The molecule has 0 fully saturated rings. The summed E-state index contributed by atoms with van der Waals surface area (Å²) in [5.41, 5.74) is 1.30. The normalized spacial score (nSPS) is 10.5. The van der Waals surface area contributed by atoms with Crippen LogP contribution in [0.1, 0.15) is 35.2 Å². The van der Waals surface area contributed by atoms with Crippen molar-refractivity contribution in [3.05, 3.63) is 35.7 Å². The Labute approximate surface area is 111 Å². The molecule has 0 spiro atoms. The maximum absolute atomic E-state index is 12.4. The van der Waals surface area contributed by atoms with Gasteiger partial charge in [0.05, 0.1) is 13.3 Å². The molecule has 6 nitrogen and oxygen atoms in total. The number of carbonyl (C=O) groups excluding carboxylic acids is 1. The topological polar surface area (TPSA) is 69.9 Å². The second-order valence-electron chi connectivity index (χ2n) is 4.20. The molecule has 0 saturated carbocycles. The lowest BCUT2D eigenvalue weighted by Crippen LogP contribution is -2.15. The number of carbonyl (C=O) groups is 1. The number of hydrogen-bond donors (Lipinski definition) is 0. The van der Waals surface area contributed by atoms with Crippen LogP contribution >= 0.6 is 0 Å². The quantitative estimate of drug-likeness (QED) is 0.764. The van der Waals surface area contributed by atoms with Gasteiger partial charge in [0.1, 0.15) is 0 Å². The van der Waals surface area contributed by atoms with Crippen molar-refractivity contribution in [1.29, 1.82) is 0 Å². The predicted octanol–water partition coefficient (Wildman–Crippen LogP) is 1.63. The molecule has 6 heteroatoms. The van der Waals surface area contributed by atoms with Gasteiger partial charge in [0.15, 0.2) is 11.4 Å². The van der Waals surface area contributed by atoms with Crippen LogP contribution in [0.4, 0.5) is 0 Å². The summed E-state index contributed by atoms with van der Waals surface area (Å²) in [7, 11) is 1.51. The number of nitrogens with zero attached hydrogens (tertiary/aromatic N) is 4. The van der Waals surface area contributed by atoms with E-state index in [9.17, 15) is 4.79 Å². The lowest BCUT2D eigenvalue weighted by atomic mass is 10.2. The van der Waals surface area contributed by atoms with E-state index in [2.05, 4.69) is 15.1 Å². The van der Waals surface area contributed by atoms with Crippen LogP contribution in [0.3, 0.4) is 0 Å². The van der Waals surface area contributed by atoms with Gasteiger partial charge >= 0.3 is 0 Å². The Morgan fingerprint density at radius 2 is 2.00 bits per heavy atom. The van der Waals surface area contributed by atoms with Crippen LogP contribution in [-0.2, 0) is 6.54 Å². The van der Waals surface area contributed by atoms with E-state index in [1.807, 2.05) is 13.8 Å². The molecular weight excluding hydrogens is 244 g/mol. The monoisotopic (exact) mass is 260 g/mol. The van der Waals surface area contributed by atoms with Gasteiger partial charge in [0.25, 0.3) is 5.78 Å². The highest BCUT2D eigenvalue weighted by atomic mass is 16.5. The molecule has 0 aliphatic carbocycles. The van der Waals surface area contributed by atoms with Gasteiger partial charge in [-0.15, -0.1) is 0 Å². The number of ether oxygens (including phenoxy) is 1. The summed E-state index contributed by atoms with van der Waals surface area (Å²) >= 11 is 0. The molecule has 0 unspecified atom stereocenters. The van der Waals surface area contributed by atoms with Crippen molar-refractivity contribution < 1.29 is 9.53 Å². The van der Waals surface area contributed by atoms with Gasteiger partial charge in [-0.1, -0.05) is 6.92 Å². The molecule has 0 amide bonds. The van der Waals surface area contributed by atoms with Gasteiger partial charge in [-0.3, -0.25) is 9.48 Å². The SMILES string of the molecule is CCCn1ncc(OC)c1C(=O)c1ncc(C)cn1. The highest BCUT2D eigenvalue weighted by Gasteiger charge is 2.22. The Hall–Kier alpha value is -2.24. The van der Waals surface area contributed by atoms with E-state index in [-0.39, 0.29) is 11.6 Å². The van der Waals surface area contributed by atoms with Crippen molar-refractivity contribution in [3.63, 3.8) is 0 Å². The third kappa shape index (κ3) is 2.62. The van der Waals surface area contributed by atoms with E-state index in [1.165, 1.54) is 13.3 Å². The van der Waals surface area contributed by atoms with E-state index < -0.39 is 0 Å². The van der Waals surface area contributed by atoms with Crippen molar-refractivity contribution in [1.82, 2.24) is 19.7 Å². The zero-order valence-electron chi connectivity index (χ0n) is 11.3. The van der Waals surface area contributed by atoms with Gasteiger partial charge in [0, 0.05) is 18.9 Å². The molecule has 0 saturated heterocycles. The van der Waals surface area contributed by atoms with Gasteiger partial charge < -0.3 is 4.74 Å². The first-order valence-electron chi connectivity index (χ1n) is 6.10. The van der Waals surface area contributed by atoms with Crippen molar-refractivity contribution in [3.8, 4) is 5.75 Å². The minimum absolute atomic E-state index is 0.154. The van der Waals surface area contributed by atoms with Crippen LogP contribution in [0, 0.1) is 6.92 Å². The van der Waals surface area contributed by atoms with E-state index in [4.69, 9.17) is 4.74 Å². The van der Waals surface area contributed by atoms with Gasteiger partial charge in [-0.05, 0) is 18.9 Å². The highest BCUT2D eigenvalue weighted by Crippen LogP contribution is 2.20. The molecular formula is C13H16N4O2. The number of ketones is 1. The summed E-state index contributed by atoms with van der Waals surface area (Å²) in [5.74, 6) is 0.326. The Morgan fingerprint density at radius 1 is 1.32 bits per heavy atom. The molecule has 2 aromatic rings. The van der Waals surface area contributed by atoms with Gasteiger partial charge in [-0.25, -0.2) is 9.97 Å². The third-order valence-corrected chi connectivity index (χ3v) is 2.66. The van der Waals surface area contributed by atoms with Gasteiger partial charge in [0.2, 0.25) is 5.82 Å². The molecule has 0 aromatic carbocycles. The van der Waals surface area contributed by atoms with Crippen LogP contribution in [0.25, 0.3) is 0 Å². The van der Waals surface area contributed by atoms with Crippen molar-refractivity contribution in [2.45, 2.75) is 26.8 Å². The Morgan fingerprint density at radius 3 is 2.58 bits per heavy atom. The molecule has 0 N–H and O–H groups in total. The van der Waals surface area contributed by atoms with Crippen molar-refractivity contribution in [2.24, 2.45) is 0 Å². The average molecular weight is 260 g/mol. The minimum Gasteiger partial charge on any atom is -0.493 e. The van der Waals surface area contributed by atoms with Crippen molar-refractivity contribution in [2.75, 3.05) is 7.11 Å². The summed E-state index contributed by atoms with van der Waals surface area (Å²) in [4.78, 5) is 20.5. The molecule has 0 bridgehead atoms. The zero-order valence-corrected chi connectivity index (χ0v) is 11.3. The molecule has 0 aliphatic rings. The number of rotatable bonds is 5. The van der Waals surface area contributed by atoms with Crippen LogP contribution in [-0.4, -0.2) is 32.6 Å². The number of hydrogen-bond acceptors (Lipinski definition) is 5. The summed E-state index contributed by atoms with van der Waals surface area (Å²) in [6.45, 7) is 4.54. The summed E-state index contributed by atoms with van der Waals surface area (Å²) in [5, 5.41) is 4.16. The molecule has 0 atom stereocenters. The van der Waals surface area contributed by atoms with E-state index in [0.29, 0.717) is 18.0 Å². The third-order valence-electron chi connectivity index (χ3n) is 2.66. The second kappa shape index (κ2) is 5.60. The first-order chi connectivity index (χ1) is 9.17. The smallest absolute Gasteiger partial charge is 0.252 e. The molecule has 19 heavy (non-hydrogen) atoms. The number of aryl methyl sites for hydroxylation is 2. The Kier molecular flexibility index (Phi) is 3.89. The van der Waals surface area contributed by atoms with E-state index in [1.54, 1.807) is 17.1 Å². The maximum atomic E-state index is 12.4. The largest absolute Gasteiger partial charge is 0.493 e. The maximum Gasteiger partial charge on any atom is 0.252 e. The fourth-order valence-electron chi connectivity index (χ4n) is 1.74.